The number of quaternary nitrogens is 1. The van der Waals surface area contributed by atoms with Crippen LogP contribution in [0.5, 0.6) is 0 Å². The van der Waals surface area contributed by atoms with Gasteiger partial charge in [0.15, 0.2) is 0 Å². The number of carbonyl (C=O) groups is 4. The monoisotopic (exact) mass is 352 g/mol. The fourth-order valence-corrected chi connectivity index (χ4v) is 0. The summed E-state index contributed by atoms with van der Waals surface area (Å²) in [5.41, 5.74) is 0. The molecule has 0 aliphatic carbocycles. The third-order valence-corrected chi connectivity index (χ3v) is 0.333. The molecule has 81 valence electrons. The van der Waals surface area contributed by atoms with Crippen LogP contribution in [0.4, 0.5) is 0 Å². The molecule has 4 N–H and O–H groups in total. The van der Waals surface area contributed by atoms with Crippen LogP contribution in [0.3, 0.4) is 0 Å². The molecule has 0 rings (SSSR count). The third-order valence-electron chi connectivity index (χ3n) is 0.333. The minimum absolute atomic E-state index is 0. The summed E-state index contributed by atoms with van der Waals surface area (Å²) in [6, 6.07) is 0. The van der Waals surface area contributed by atoms with Crippen LogP contribution in [0.25, 0.3) is 0 Å². The molecule has 0 bridgehead atoms. The van der Waals surface area contributed by atoms with Crippen LogP contribution in [0.2, 0.25) is 0 Å². The van der Waals surface area contributed by atoms with Crippen LogP contribution in [0, 0.1) is 39.9 Å². The van der Waals surface area contributed by atoms with Crippen molar-refractivity contribution in [2.75, 3.05) is 0 Å². The first-order chi connectivity index (χ1) is 5.29. The summed E-state index contributed by atoms with van der Waals surface area (Å²) in [4.78, 5) is 35.7. The second kappa shape index (κ2) is 12.2. The maximum absolute atomic E-state index is 8.93. The summed E-state index contributed by atoms with van der Waals surface area (Å²) in [7, 11) is 0. The first-order valence-corrected chi connectivity index (χ1v) is 2.13. The van der Waals surface area contributed by atoms with Gasteiger partial charge in [0, 0.05) is 0 Å². The Kier molecular flexibility index (Phi) is 20.2. The van der Waals surface area contributed by atoms with Gasteiger partial charge in [0.2, 0.25) is 0 Å². The Morgan fingerprint density at radius 1 is 0.571 bits per heavy atom. The third kappa shape index (κ3) is 22.5. The number of carboxylic acid groups (broad SMARTS) is 4. The van der Waals surface area contributed by atoms with E-state index in [0.717, 1.165) is 0 Å². The number of hydrogen-bond donors (Lipinski definition) is 1. The number of aliphatic carboxylic acids is 4. The summed E-state index contributed by atoms with van der Waals surface area (Å²) in [6.45, 7) is 0. The molecule has 0 aromatic rings. The summed E-state index contributed by atoms with van der Waals surface area (Å²) in [6.07, 6.45) is 0. The normalized spacial score (nSPS) is 6.29. The van der Waals surface area contributed by atoms with Gasteiger partial charge in [-0.1, -0.05) is 0 Å². The van der Waals surface area contributed by atoms with Gasteiger partial charge in [-0.2, -0.15) is 0 Å². The Labute approximate surface area is 109 Å². The van der Waals surface area contributed by atoms with E-state index >= 15 is 0 Å². The standard InChI is InChI=1S/2C2H2O4.Gd.H3N/c2*3-1(4)2(5)6;;/h2*(H,3,4)(H,5,6);;1H3/q;;+3;/p-3. The van der Waals surface area contributed by atoms with Gasteiger partial charge >= 0.3 is 39.9 Å². The van der Waals surface area contributed by atoms with Crippen LogP contribution < -0.4 is 26.6 Å². The molecule has 0 heterocycles. The van der Waals surface area contributed by atoms with Crippen molar-refractivity contribution in [3.05, 3.63) is 0 Å². The Hall–Kier alpha value is -0.835. The number of carbonyl (C=O) groups excluding carboxylic acids is 4. The molecule has 0 aromatic carbocycles. The molecule has 0 atom stereocenters. The quantitative estimate of drug-likeness (QED) is 0.415. The molecule has 0 aliphatic rings. The van der Waals surface area contributed by atoms with Crippen molar-refractivity contribution in [3.8, 4) is 0 Å². The van der Waals surface area contributed by atoms with E-state index in [4.69, 9.17) is 39.6 Å². The molecule has 0 saturated carbocycles. The number of rotatable bonds is 0. The predicted octanol–water partition coefficient (Wildman–Crippen LogP) is -6.65. The summed E-state index contributed by atoms with van der Waals surface area (Å²) < 4.78 is 0. The van der Waals surface area contributed by atoms with Crippen LogP contribution in [0.1, 0.15) is 0 Å². The number of hydrogen-bond acceptors (Lipinski definition) is 8. The van der Waals surface area contributed by atoms with E-state index in [-0.39, 0.29) is 46.1 Å². The van der Waals surface area contributed by atoms with Crippen molar-refractivity contribution in [1.29, 1.82) is 0 Å². The first-order valence-electron chi connectivity index (χ1n) is 2.13. The zero-order valence-corrected chi connectivity index (χ0v) is 8.89. The van der Waals surface area contributed by atoms with Crippen LogP contribution in [0.15, 0.2) is 0 Å². The van der Waals surface area contributed by atoms with E-state index in [2.05, 4.69) is 0 Å². The molecule has 0 amide bonds. The van der Waals surface area contributed by atoms with Gasteiger partial charge < -0.3 is 45.8 Å². The average Bonchev–Trinajstić information content (AvgIpc) is 1.88. The molecule has 10 heteroatoms. The van der Waals surface area contributed by atoms with Gasteiger partial charge in [0.1, 0.15) is 0 Å². The molecular weight excluding hydrogens is 347 g/mol. The maximum atomic E-state index is 8.93. The first kappa shape index (κ1) is 23.2. The van der Waals surface area contributed by atoms with Crippen molar-refractivity contribution in [2.45, 2.75) is 0 Å². The van der Waals surface area contributed by atoms with E-state index < -0.39 is 23.9 Å². The topological polar surface area (TPSA) is 197 Å². The molecule has 0 fully saturated rings. The Bertz CT molecular complexity index is 177. The molecule has 0 unspecified atom stereocenters. The molecule has 0 aliphatic heterocycles. The van der Waals surface area contributed by atoms with Crippen molar-refractivity contribution < 1.29 is 79.5 Å². The molecule has 0 spiro atoms. The molecule has 9 nitrogen and oxygen atoms in total. The molecule has 14 heavy (non-hydrogen) atoms. The average molecular weight is 351 g/mol. The minimum Gasteiger partial charge on any atom is -0.543 e. The van der Waals surface area contributed by atoms with Crippen molar-refractivity contribution in [1.82, 2.24) is 6.15 Å². The van der Waals surface area contributed by atoms with Gasteiger partial charge in [-0.15, -0.1) is 0 Å². The predicted molar refractivity (Wildman–Crippen MR) is 26.0 cm³/mol. The molecule has 0 saturated heterocycles. The van der Waals surface area contributed by atoms with Gasteiger partial charge in [-0.25, -0.2) is 0 Å². The zero-order valence-electron chi connectivity index (χ0n) is 6.62. The van der Waals surface area contributed by atoms with Gasteiger partial charge in [0.05, 0.1) is 23.9 Å². The molecule has 1 radical (unpaired) electrons. The molecule has 0 aromatic heterocycles. The summed E-state index contributed by atoms with van der Waals surface area (Å²) in [5.74, 6) is -8.74. The molecular formula is C4H4GdNO8. The summed E-state index contributed by atoms with van der Waals surface area (Å²) >= 11 is 0. The largest absolute Gasteiger partial charge is 3.00 e. The van der Waals surface area contributed by atoms with Crippen molar-refractivity contribution >= 4 is 23.9 Å². The number of carboxylic acids is 4. The van der Waals surface area contributed by atoms with Crippen LogP contribution in [-0.4, -0.2) is 23.9 Å². The van der Waals surface area contributed by atoms with E-state index in [1.807, 2.05) is 0 Å². The second-order valence-electron chi connectivity index (χ2n) is 1.15. The van der Waals surface area contributed by atoms with Crippen molar-refractivity contribution in [2.24, 2.45) is 0 Å². The van der Waals surface area contributed by atoms with E-state index in [1.165, 1.54) is 0 Å². The Morgan fingerprint density at radius 3 is 0.643 bits per heavy atom. The van der Waals surface area contributed by atoms with E-state index in [1.54, 1.807) is 0 Å². The second-order valence-corrected chi connectivity index (χ2v) is 1.15. The van der Waals surface area contributed by atoms with Gasteiger partial charge in [-0.3, -0.25) is 0 Å². The van der Waals surface area contributed by atoms with E-state index in [0.29, 0.717) is 0 Å². The fourth-order valence-electron chi connectivity index (χ4n) is 0. The van der Waals surface area contributed by atoms with Crippen LogP contribution in [-0.2, 0) is 19.2 Å². The maximum Gasteiger partial charge on any atom is 3.00 e. The smallest absolute Gasteiger partial charge is 0.543 e. The Balaban J connectivity index is -0.0000000625. The van der Waals surface area contributed by atoms with Crippen molar-refractivity contribution in [3.63, 3.8) is 0 Å². The van der Waals surface area contributed by atoms with Gasteiger partial charge in [-0.05, 0) is 0 Å². The zero-order chi connectivity index (χ0) is 10.3. The van der Waals surface area contributed by atoms with E-state index in [9.17, 15) is 0 Å². The summed E-state index contributed by atoms with van der Waals surface area (Å²) in [5, 5.41) is 35.7. The Morgan fingerprint density at radius 2 is 0.643 bits per heavy atom. The minimum atomic E-state index is -2.19. The van der Waals surface area contributed by atoms with Gasteiger partial charge in [0.25, 0.3) is 0 Å². The SMILES string of the molecule is O=C([O-])C(=O)[O-].O=C([O-])C(=O)[O-].[Gd+3].[NH4+]. The van der Waals surface area contributed by atoms with Crippen LogP contribution >= 0.6 is 0 Å². The fraction of sp³-hybridized carbons (Fsp3) is 0.